The molecule has 1 aromatic carbocycles. The van der Waals surface area contributed by atoms with Crippen molar-refractivity contribution in [1.82, 2.24) is 4.98 Å². The summed E-state index contributed by atoms with van der Waals surface area (Å²) in [6, 6.07) is 7.90. The van der Waals surface area contributed by atoms with Gasteiger partial charge in [0.05, 0.1) is 14.2 Å². The summed E-state index contributed by atoms with van der Waals surface area (Å²) >= 11 is 0. The van der Waals surface area contributed by atoms with Crippen molar-refractivity contribution in [3.63, 3.8) is 0 Å². The lowest BCUT2D eigenvalue weighted by atomic mass is 9.70. The summed E-state index contributed by atoms with van der Waals surface area (Å²) in [5.74, 6) is 2.20. The molecule has 0 saturated heterocycles. The number of hydrogen-bond acceptors (Lipinski definition) is 5. The minimum Gasteiger partial charge on any atom is -0.497 e. The van der Waals surface area contributed by atoms with Crippen LogP contribution in [0.25, 0.3) is 11.1 Å². The predicted octanol–water partition coefficient (Wildman–Crippen LogP) is 4.37. The van der Waals surface area contributed by atoms with Crippen LogP contribution in [0.2, 0.25) is 0 Å². The smallest absolute Gasteiger partial charge is 0.142 e. The number of nitrogens with two attached hydrogens (primary N) is 1. The average Bonchev–Trinajstić information content (AvgIpc) is 2.65. The third-order valence-corrected chi connectivity index (χ3v) is 5.60. The highest BCUT2D eigenvalue weighted by molar-refractivity contribution is 5.83. The fraction of sp³-hybridized carbons (Fsp3) is 0.455. The van der Waals surface area contributed by atoms with Crippen molar-refractivity contribution in [1.29, 1.82) is 5.26 Å². The molecule has 0 amide bonds. The molecule has 2 aromatic rings. The Balaban J connectivity index is 2.30. The van der Waals surface area contributed by atoms with Gasteiger partial charge in [-0.3, -0.25) is 0 Å². The Bertz CT molecular complexity index is 907. The van der Waals surface area contributed by atoms with Gasteiger partial charge < -0.3 is 15.2 Å². The second kappa shape index (κ2) is 7.11. The number of methoxy groups -OCH3 is 2. The van der Waals surface area contributed by atoms with E-state index < -0.39 is 0 Å². The number of benzene rings is 1. The van der Waals surface area contributed by atoms with Gasteiger partial charge in [-0.25, -0.2) is 4.98 Å². The van der Waals surface area contributed by atoms with E-state index in [1.807, 2.05) is 18.2 Å². The quantitative estimate of drug-likeness (QED) is 0.873. The first-order chi connectivity index (χ1) is 12.8. The molecule has 27 heavy (non-hydrogen) atoms. The van der Waals surface area contributed by atoms with Crippen molar-refractivity contribution in [2.45, 2.75) is 40.0 Å². The minimum absolute atomic E-state index is 0.182. The number of fused-ring (bicyclic) bond motifs is 1. The molecule has 3 rings (SSSR count). The van der Waals surface area contributed by atoms with E-state index in [-0.39, 0.29) is 11.2 Å². The monoisotopic (exact) mass is 365 g/mol. The Morgan fingerprint density at radius 2 is 1.96 bits per heavy atom. The second-order valence-corrected chi connectivity index (χ2v) is 8.16. The molecular formula is C22H27N3O2. The highest BCUT2D eigenvalue weighted by Crippen LogP contribution is 2.45. The van der Waals surface area contributed by atoms with Crippen LogP contribution in [0.5, 0.6) is 11.5 Å². The molecule has 0 aliphatic heterocycles. The summed E-state index contributed by atoms with van der Waals surface area (Å²) < 4.78 is 11.0. The summed E-state index contributed by atoms with van der Waals surface area (Å²) in [4.78, 5) is 4.57. The fourth-order valence-corrected chi connectivity index (χ4v) is 3.94. The molecular weight excluding hydrogens is 338 g/mol. The highest BCUT2D eigenvalue weighted by Gasteiger charge is 2.33. The van der Waals surface area contributed by atoms with E-state index in [1.54, 1.807) is 14.2 Å². The summed E-state index contributed by atoms with van der Waals surface area (Å²) in [5.41, 5.74) is 10.5. The lowest BCUT2D eigenvalue weighted by Gasteiger charge is -2.36. The SMILES string of the molecule is COc1ccc(OC)c(-c2c(C#N)c(N)nc3c2CC(C(C)(C)C)CC3)c1. The number of nitriles is 1. The molecule has 5 nitrogen and oxygen atoms in total. The van der Waals surface area contributed by atoms with Gasteiger partial charge in [0.2, 0.25) is 0 Å². The van der Waals surface area contributed by atoms with E-state index >= 15 is 0 Å². The number of hydrogen-bond donors (Lipinski definition) is 1. The molecule has 1 unspecified atom stereocenters. The zero-order chi connectivity index (χ0) is 19.8. The number of pyridine rings is 1. The molecule has 1 aromatic heterocycles. The van der Waals surface area contributed by atoms with Gasteiger partial charge in [-0.05, 0) is 54.4 Å². The molecule has 1 atom stereocenters. The molecule has 0 bridgehead atoms. The van der Waals surface area contributed by atoms with Gasteiger partial charge in [0.25, 0.3) is 0 Å². The number of anilines is 1. The van der Waals surface area contributed by atoms with Crippen molar-refractivity contribution in [3.05, 3.63) is 35.0 Å². The maximum Gasteiger partial charge on any atom is 0.142 e. The Labute approximate surface area is 161 Å². The van der Waals surface area contributed by atoms with Crippen molar-refractivity contribution in [3.8, 4) is 28.7 Å². The van der Waals surface area contributed by atoms with E-state index in [0.717, 1.165) is 41.6 Å². The van der Waals surface area contributed by atoms with Gasteiger partial charge in [0.1, 0.15) is 28.9 Å². The molecule has 0 radical (unpaired) electrons. The number of aryl methyl sites for hydroxylation is 1. The lowest BCUT2D eigenvalue weighted by Crippen LogP contribution is -2.28. The van der Waals surface area contributed by atoms with Gasteiger partial charge in [-0.2, -0.15) is 5.26 Å². The molecule has 0 saturated carbocycles. The van der Waals surface area contributed by atoms with Crippen LogP contribution in [-0.2, 0) is 12.8 Å². The average molecular weight is 365 g/mol. The Hall–Kier alpha value is -2.74. The third kappa shape index (κ3) is 3.44. The predicted molar refractivity (Wildman–Crippen MR) is 107 cm³/mol. The van der Waals surface area contributed by atoms with E-state index in [2.05, 4.69) is 31.8 Å². The van der Waals surface area contributed by atoms with Crippen molar-refractivity contribution in [2.75, 3.05) is 20.0 Å². The lowest BCUT2D eigenvalue weighted by molar-refractivity contribution is 0.215. The maximum atomic E-state index is 9.84. The second-order valence-electron chi connectivity index (χ2n) is 8.16. The van der Waals surface area contributed by atoms with Crippen LogP contribution < -0.4 is 15.2 Å². The number of aromatic nitrogens is 1. The van der Waals surface area contributed by atoms with E-state index in [1.165, 1.54) is 0 Å². The summed E-state index contributed by atoms with van der Waals surface area (Å²) in [6.45, 7) is 6.80. The zero-order valence-electron chi connectivity index (χ0n) is 16.7. The minimum atomic E-state index is 0.182. The maximum absolute atomic E-state index is 9.84. The molecule has 142 valence electrons. The van der Waals surface area contributed by atoms with Crippen LogP contribution in [0.3, 0.4) is 0 Å². The molecule has 1 heterocycles. The number of nitrogens with zero attached hydrogens (tertiary/aromatic N) is 2. The van der Waals surface area contributed by atoms with E-state index in [9.17, 15) is 5.26 Å². The normalized spacial score (nSPS) is 16.4. The molecule has 0 spiro atoms. The fourth-order valence-electron chi connectivity index (χ4n) is 3.94. The van der Waals surface area contributed by atoms with Crippen LogP contribution >= 0.6 is 0 Å². The summed E-state index contributed by atoms with van der Waals surface area (Å²) in [5, 5.41) is 9.84. The third-order valence-electron chi connectivity index (χ3n) is 5.60. The Morgan fingerprint density at radius 1 is 1.22 bits per heavy atom. The van der Waals surface area contributed by atoms with Crippen LogP contribution in [0.15, 0.2) is 18.2 Å². The van der Waals surface area contributed by atoms with Gasteiger partial charge in [0, 0.05) is 16.8 Å². The van der Waals surface area contributed by atoms with Gasteiger partial charge in [0.15, 0.2) is 0 Å². The first-order valence-electron chi connectivity index (χ1n) is 9.23. The molecule has 1 aliphatic carbocycles. The molecule has 5 heteroatoms. The van der Waals surface area contributed by atoms with Gasteiger partial charge in [-0.1, -0.05) is 20.8 Å². The summed E-state index contributed by atoms with van der Waals surface area (Å²) in [6.07, 6.45) is 2.81. The topological polar surface area (TPSA) is 81.2 Å². The van der Waals surface area contributed by atoms with Crippen LogP contribution in [0.4, 0.5) is 5.82 Å². The zero-order valence-corrected chi connectivity index (χ0v) is 16.7. The van der Waals surface area contributed by atoms with Crippen LogP contribution in [0, 0.1) is 22.7 Å². The number of ether oxygens (including phenoxy) is 2. The molecule has 2 N–H and O–H groups in total. The molecule has 1 aliphatic rings. The van der Waals surface area contributed by atoms with Crippen molar-refractivity contribution < 1.29 is 9.47 Å². The van der Waals surface area contributed by atoms with Crippen LogP contribution in [0.1, 0.15) is 44.0 Å². The van der Waals surface area contributed by atoms with E-state index in [0.29, 0.717) is 23.0 Å². The summed E-state index contributed by atoms with van der Waals surface area (Å²) in [7, 11) is 3.26. The first kappa shape index (κ1) is 19.0. The standard InChI is InChI=1S/C22H27N3O2/c1-22(2,3)13-6-8-18-15(10-13)20(17(12-23)21(24)25-18)16-11-14(26-4)7-9-19(16)27-5/h7,9,11,13H,6,8,10H2,1-5H3,(H2,24,25). The number of rotatable bonds is 3. The first-order valence-corrected chi connectivity index (χ1v) is 9.23. The van der Waals surface area contributed by atoms with E-state index in [4.69, 9.17) is 15.2 Å². The van der Waals surface area contributed by atoms with Gasteiger partial charge >= 0.3 is 0 Å². The van der Waals surface area contributed by atoms with Gasteiger partial charge in [-0.15, -0.1) is 0 Å². The van der Waals surface area contributed by atoms with Crippen molar-refractivity contribution in [2.24, 2.45) is 11.3 Å². The van der Waals surface area contributed by atoms with Crippen LogP contribution in [-0.4, -0.2) is 19.2 Å². The Morgan fingerprint density at radius 3 is 2.56 bits per heavy atom. The Kier molecular flexibility index (Phi) is 5.01. The molecule has 0 fully saturated rings. The largest absolute Gasteiger partial charge is 0.497 e. The highest BCUT2D eigenvalue weighted by atomic mass is 16.5. The van der Waals surface area contributed by atoms with Crippen molar-refractivity contribution >= 4 is 5.82 Å². The number of nitrogen functional groups attached to an aromatic ring is 1.